The molecule has 0 aliphatic rings. The molecule has 3 aromatic rings. The zero-order valence-corrected chi connectivity index (χ0v) is 14.3. The Kier molecular flexibility index (Phi) is 5.45. The van der Waals surface area contributed by atoms with Gasteiger partial charge in [0.05, 0.1) is 7.11 Å². The summed E-state index contributed by atoms with van der Waals surface area (Å²) >= 11 is 0. The lowest BCUT2D eigenvalue weighted by Gasteiger charge is -2.15. The molecule has 3 aromatic carbocycles. The number of hydrogen-bond acceptors (Lipinski definition) is 2. The lowest BCUT2D eigenvalue weighted by atomic mass is 10.2. The van der Waals surface area contributed by atoms with Crippen molar-refractivity contribution in [2.75, 3.05) is 7.11 Å². The SMILES string of the molecule is COc1cccc(Pc2ccccc2F)c1OCc1ccccc1. The Labute approximate surface area is 143 Å². The van der Waals surface area contributed by atoms with E-state index in [4.69, 9.17) is 9.47 Å². The van der Waals surface area contributed by atoms with Crippen LogP contribution in [-0.2, 0) is 6.61 Å². The first-order valence-electron chi connectivity index (χ1n) is 7.63. The number of hydrogen-bond donors (Lipinski definition) is 0. The van der Waals surface area contributed by atoms with Crippen LogP contribution >= 0.6 is 8.58 Å². The average Bonchev–Trinajstić information content (AvgIpc) is 2.63. The summed E-state index contributed by atoms with van der Waals surface area (Å²) in [6.07, 6.45) is 0. The summed E-state index contributed by atoms with van der Waals surface area (Å²) in [5.74, 6) is 1.13. The third-order valence-corrected chi connectivity index (χ3v) is 4.91. The van der Waals surface area contributed by atoms with Crippen LogP contribution in [0.5, 0.6) is 11.5 Å². The van der Waals surface area contributed by atoms with E-state index < -0.39 is 0 Å². The minimum absolute atomic E-state index is 0.161. The molecule has 24 heavy (non-hydrogen) atoms. The molecule has 1 atom stereocenters. The topological polar surface area (TPSA) is 18.5 Å². The van der Waals surface area contributed by atoms with Crippen molar-refractivity contribution < 1.29 is 13.9 Å². The lowest BCUT2D eigenvalue weighted by Crippen LogP contribution is -2.12. The van der Waals surface area contributed by atoms with E-state index in [0.29, 0.717) is 23.4 Å². The summed E-state index contributed by atoms with van der Waals surface area (Å²) in [6, 6.07) is 22.5. The van der Waals surface area contributed by atoms with E-state index in [-0.39, 0.29) is 14.4 Å². The number of halogens is 1. The third-order valence-electron chi connectivity index (χ3n) is 3.57. The van der Waals surface area contributed by atoms with Gasteiger partial charge in [0.15, 0.2) is 11.5 Å². The first-order valence-corrected chi connectivity index (χ1v) is 8.63. The Morgan fingerprint density at radius 3 is 2.29 bits per heavy atom. The molecular formula is C20H18FO2P. The first kappa shape index (κ1) is 16.5. The summed E-state index contributed by atoms with van der Waals surface area (Å²) in [6.45, 7) is 0.440. The lowest BCUT2D eigenvalue weighted by molar-refractivity contribution is 0.287. The molecule has 0 heterocycles. The average molecular weight is 340 g/mol. The van der Waals surface area contributed by atoms with Crippen LogP contribution in [0.4, 0.5) is 4.39 Å². The van der Waals surface area contributed by atoms with Gasteiger partial charge in [0.1, 0.15) is 12.4 Å². The molecule has 1 unspecified atom stereocenters. The number of rotatable bonds is 6. The Morgan fingerprint density at radius 2 is 1.54 bits per heavy atom. The van der Waals surface area contributed by atoms with E-state index in [1.165, 1.54) is 6.07 Å². The highest BCUT2D eigenvalue weighted by molar-refractivity contribution is 7.55. The van der Waals surface area contributed by atoms with E-state index in [1.807, 2.05) is 54.6 Å². The van der Waals surface area contributed by atoms with Gasteiger partial charge < -0.3 is 9.47 Å². The van der Waals surface area contributed by atoms with Gasteiger partial charge in [-0.3, -0.25) is 0 Å². The van der Waals surface area contributed by atoms with Crippen molar-refractivity contribution in [1.29, 1.82) is 0 Å². The van der Waals surface area contributed by atoms with Crippen LogP contribution in [-0.4, -0.2) is 7.11 Å². The summed E-state index contributed by atoms with van der Waals surface area (Å²) in [4.78, 5) is 0. The fourth-order valence-electron chi connectivity index (χ4n) is 2.36. The minimum Gasteiger partial charge on any atom is -0.493 e. The third kappa shape index (κ3) is 3.93. The van der Waals surface area contributed by atoms with Crippen molar-refractivity contribution >= 4 is 19.2 Å². The monoisotopic (exact) mass is 340 g/mol. The van der Waals surface area contributed by atoms with Gasteiger partial charge in [0.25, 0.3) is 0 Å². The molecule has 0 radical (unpaired) electrons. The number of methoxy groups -OCH3 is 1. The van der Waals surface area contributed by atoms with E-state index in [1.54, 1.807) is 19.2 Å². The Bertz CT molecular complexity index is 806. The molecule has 3 rings (SSSR count). The molecule has 0 bridgehead atoms. The molecule has 0 aromatic heterocycles. The maximum atomic E-state index is 14.0. The van der Waals surface area contributed by atoms with Crippen LogP contribution in [0.3, 0.4) is 0 Å². The smallest absolute Gasteiger partial charge is 0.169 e. The van der Waals surface area contributed by atoms with E-state index >= 15 is 0 Å². The van der Waals surface area contributed by atoms with Gasteiger partial charge in [-0.15, -0.1) is 0 Å². The van der Waals surface area contributed by atoms with Crippen LogP contribution in [0.25, 0.3) is 0 Å². The zero-order chi connectivity index (χ0) is 16.8. The number of benzene rings is 3. The predicted molar refractivity (Wildman–Crippen MR) is 97.8 cm³/mol. The van der Waals surface area contributed by atoms with E-state index in [9.17, 15) is 4.39 Å². The first-order chi connectivity index (χ1) is 11.8. The Morgan fingerprint density at radius 1 is 0.833 bits per heavy atom. The van der Waals surface area contributed by atoms with Crippen LogP contribution in [0.15, 0.2) is 72.8 Å². The van der Waals surface area contributed by atoms with Crippen LogP contribution in [0.1, 0.15) is 5.56 Å². The molecule has 0 aliphatic carbocycles. The quantitative estimate of drug-likeness (QED) is 0.631. The van der Waals surface area contributed by atoms with Crippen molar-refractivity contribution in [1.82, 2.24) is 0 Å². The van der Waals surface area contributed by atoms with Crippen LogP contribution in [0.2, 0.25) is 0 Å². The highest BCUT2D eigenvalue weighted by Gasteiger charge is 2.13. The van der Waals surface area contributed by atoms with Gasteiger partial charge in [0.2, 0.25) is 0 Å². The number of ether oxygens (including phenoxy) is 2. The van der Waals surface area contributed by atoms with Gasteiger partial charge in [0, 0.05) is 10.6 Å². The summed E-state index contributed by atoms with van der Waals surface area (Å²) in [5, 5.41) is 1.59. The molecule has 4 heteroatoms. The second kappa shape index (κ2) is 7.94. The van der Waals surface area contributed by atoms with Gasteiger partial charge >= 0.3 is 0 Å². The molecule has 0 saturated heterocycles. The molecule has 122 valence electrons. The largest absolute Gasteiger partial charge is 0.493 e. The maximum absolute atomic E-state index is 14.0. The molecular weight excluding hydrogens is 322 g/mol. The predicted octanol–water partition coefficient (Wildman–Crippen LogP) is 4.04. The highest BCUT2D eigenvalue weighted by Crippen LogP contribution is 2.30. The Hall–Kier alpha value is -2.38. The number of para-hydroxylation sites is 1. The van der Waals surface area contributed by atoms with Crippen molar-refractivity contribution in [2.45, 2.75) is 6.61 Å². The Balaban J connectivity index is 1.87. The van der Waals surface area contributed by atoms with Crippen molar-refractivity contribution in [3.8, 4) is 11.5 Å². The summed E-state index contributed by atoms with van der Waals surface area (Å²) in [5.41, 5.74) is 1.07. The van der Waals surface area contributed by atoms with Gasteiger partial charge in [-0.2, -0.15) is 0 Å². The normalized spacial score (nSPS) is 10.9. The molecule has 0 fully saturated rings. The maximum Gasteiger partial charge on any atom is 0.169 e. The van der Waals surface area contributed by atoms with E-state index in [0.717, 1.165) is 10.9 Å². The van der Waals surface area contributed by atoms with Crippen molar-refractivity contribution in [2.24, 2.45) is 0 Å². The molecule has 0 aliphatic heterocycles. The second-order valence-corrected chi connectivity index (χ2v) is 6.54. The molecule has 0 N–H and O–H groups in total. The van der Waals surface area contributed by atoms with Crippen molar-refractivity contribution in [3.05, 3.63) is 84.2 Å². The van der Waals surface area contributed by atoms with E-state index in [2.05, 4.69) is 0 Å². The van der Waals surface area contributed by atoms with Gasteiger partial charge in [-0.1, -0.05) is 69.2 Å². The molecule has 2 nitrogen and oxygen atoms in total. The summed E-state index contributed by atoms with van der Waals surface area (Å²) < 4.78 is 25.4. The molecule has 0 amide bonds. The summed E-state index contributed by atoms with van der Waals surface area (Å²) in [7, 11) is 1.77. The molecule has 0 saturated carbocycles. The standard InChI is InChI=1S/C20H18FO2P/c1-22-17-11-7-13-19(24-18-12-6-5-10-16(18)21)20(17)23-14-15-8-3-2-4-9-15/h2-13,24H,14H2,1H3. The van der Waals surface area contributed by atoms with Gasteiger partial charge in [-0.05, 0) is 17.7 Å². The highest BCUT2D eigenvalue weighted by atomic mass is 31.1. The minimum atomic E-state index is -0.201. The van der Waals surface area contributed by atoms with Crippen LogP contribution in [0, 0.1) is 5.82 Å². The fraction of sp³-hybridized carbons (Fsp3) is 0.100. The van der Waals surface area contributed by atoms with Crippen LogP contribution < -0.4 is 20.1 Å². The van der Waals surface area contributed by atoms with Crippen molar-refractivity contribution in [3.63, 3.8) is 0 Å². The second-order valence-electron chi connectivity index (χ2n) is 5.22. The zero-order valence-electron chi connectivity index (χ0n) is 13.3. The molecule has 0 spiro atoms. The fourth-order valence-corrected chi connectivity index (χ4v) is 3.52. The van der Waals surface area contributed by atoms with Gasteiger partial charge in [-0.25, -0.2) is 4.39 Å².